The molecule has 1 aromatic heterocycles. The van der Waals surface area contributed by atoms with E-state index in [-0.39, 0.29) is 0 Å². The van der Waals surface area contributed by atoms with Crippen LogP contribution in [0.25, 0.3) is 10.8 Å². The van der Waals surface area contributed by atoms with Crippen molar-refractivity contribution in [3.8, 4) is 0 Å². The third-order valence-electron chi connectivity index (χ3n) is 4.29. The quantitative estimate of drug-likeness (QED) is 0.920. The van der Waals surface area contributed by atoms with Crippen LogP contribution in [0.1, 0.15) is 25.5 Å². The van der Waals surface area contributed by atoms with Gasteiger partial charge in [0.1, 0.15) is 0 Å². The predicted octanol–water partition coefficient (Wildman–Crippen LogP) is 4.12. The highest BCUT2D eigenvalue weighted by atomic mass is 32.2. The van der Waals surface area contributed by atoms with Crippen LogP contribution in [0.5, 0.6) is 0 Å². The first-order chi connectivity index (χ1) is 10.2. The number of hydrogen-bond donors (Lipinski definition) is 1. The Bertz CT molecular complexity index is 611. The summed E-state index contributed by atoms with van der Waals surface area (Å²) in [6.07, 6.45) is 4.00. The Morgan fingerprint density at radius 1 is 1.19 bits per heavy atom. The summed E-state index contributed by atoms with van der Waals surface area (Å²) < 4.78 is 0. The average Bonchev–Trinajstić information content (AvgIpc) is 2.52. The molecule has 1 fully saturated rings. The van der Waals surface area contributed by atoms with Gasteiger partial charge in [-0.15, -0.1) is 0 Å². The molecule has 2 heterocycles. The lowest BCUT2D eigenvalue weighted by atomic mass is 10.00. The Hall–Kier alpha value is -0.710. The van der Waals surface area contributed by atoms with E-state index in [0.29, 0.717) is 16.5 Å². The lowest BCUT2D eigenvalue weighted by Gasteiger charge is -2.36. The summed E-state index contributed by atoms with van der Waals surface area (Å²) in [6, 6.07) is 8.91. The molecule has 0 spiro atoms. The highest BCUT2D eigenvalue weighted by Gasteiger charge is 2.32. The highest BCUT2D eigenvalue weighted by molar-refractivity contribution is 8.07. The van der Waals surface area contributed by atoms with Crippen LogP contribution in [-0.2, 0) is 0 Å². The topological polar surface area (TPSA) is 24.9 Å². The SMILES string of the molecule is CNC(c1cncc2ccccc12)C1CSC(C)C(C)S1. The number of nitrogens with one attached hydrogen (secondary N) is 1. The van der Waals surface area contributed by atoms with Crippen molar-refractivity contribution in [2.75, 3.05) is 12.8 Å². The molecule has 4 heteroatoms. The van der Waals surface area contributed by atoms with Crippen molar-refractivity contribution in [3.05, 3.63) is 42.2 Å². The number of aromatic nitrogens is 1. The van der Waals surface area contributed by atoms with E-state index < -0.39 is 0 Å². The summed E-state index contributed by atoms with van der Waals surface area (Å²) in [4.78, 5) is 4.45. The fourth-order valence-electron chi connectivity index (χ4n) is 2.91. The molecule has 3 rings (SSSR count). The Morgan fingerprint density at radius 3 is 2.76 bits per heavy atom. The maximum absolute atomic E-state index is 4.45. The molecular weight excluding hydrogens is 296 g/mol. The van der Waals surface area contributed by atoms with Gasteiger partial charge in [-0.05, 0) is 18.0 Å². The van der Waals surface area contributed by atoms with Gasteiger partial charge in [-0.2, -0.15) is 23.5 Å². The van der Waals surface area contributed by atoms with E-state index >= 15 is 0 Å². The minimum absolute atomic E-state index is 0.357. The first-order valence-electron chi connectivity index (χ1n) is 7.47. The molecule has 1 saturated heterocycles. The zero-order valence-electron chi connectivity index (χ0n) is 12.7. The molecular formula is C17H22N2S2. The smallest absolute Gasteiger partial charge is 0.0467 e. The minimum atomic E-state index is 0.357. The maximum Gasteiger partial charge on any atom is 0.0467 e. The van der Waals surface area contributed by atoms with Gasteiger partial charge in [-0.3, -0.25) is 4.98 Å². The molecule has 1 aromatic carbocycles. The fraction of sp³-hybridized carbons (Fsp3) is 0.471. The van der Waals surface area contributed by atoms with Crippen LogP contribution in [0.3, 0.4) is 0 Å². The monoisotopic (exact) mass is 318 g/mol. The number of hydrogen-bond acceptors (Lipinski definition) is 4. The first-order valence-corrected chi connectivity index (χ1v) is 9.47. The molecule has 0 bridgehead atoms. The molecule has 2 nitrogen and oxygen atoms in total. The van der Waals surface area contributed by atoms with Crippen molar-refractivity contribution < 1.29 is 0 Å². The number of thioether (sulfide) groups is 2. The molecule has 0 saturated carbocycles. The second-order valence-corrected chi connectivity index (χ2v) is 8.67. The van der Waals surface area contributed by atoms with Gasteiger partial charge in [0.25, 0.3) is 0 Å². The normalized spacial score (nSPS) is 27.7. The lowest BCUT2D eigenvalue weighted by Crippen LogP contribution is -2.35. The average molecular weight is 319 g/mol. The van der Waals surface area contributed by atoms with Crippen molar-refractivity contribution in [1.82, 2.24) is 10.3 Å². The molecule has 112 valence electrons. The summed E-state index contributed by atoms with van der Waals surface area (Å²) in [5, 5.41) is 8.13. The second kappa shape index (κ2) is 6.59. The van der Waals surface area contributed by atoms with Crippen molar-refractivity contribution in [2.45, 2.75) is 35.6 Å². The molecule has 2 aromatic rings. The van der Waals surface area contributed by atoms with Gasteiger partial charge in [0.2, 0.25) is 0 Å². The second-order valence-electron chi connectivity index (χ2n) is 5.63. The van der Waals surface area contributed by atoms with E-state index in [1.807, 2.05) is 12.4 Å². The van der Waals surface area contributed by atoms with Crippen molar-refractivity contribution >= 4 is 34.3 Å². The van der Waals surface area contributed by atoms with E-state index in [0.717, 1.165) is 5.25 Å². The van der Waals surface area contributed by atoms with Crippen LogP contribution in [0.4, 0.5) is 0 Å². The third kappa shape index (κ3) is 3.08. The molecule has 1 aliphatic heterocycles. The van der Waals surface area contributed by atoms with E-state index in [1.54, 1.807) is 0 Å². The van der Waals surface area contributed by atoms with Gasteiger partial charge < -0.3 is 5.32 Å². The molecule has 21 heavy (non-hydrogen) atoms. The van der Waals surface area contributed by atoms with E-state index in [1.165, 1.54) is 22.1 Å². The zero-order chi connectivity index (χ0) is 14.8. The van der Waals surface area contributed by atoms with Crippen LogP contribution in [0.2, 0.25) is 0 Å². The largest absolute Gasteiger partial charge is 0.312 e. The number of rotatable bonds is 3. The van der Waals surface area contributed by atoms with Crippen LogP contribution in [0.15, 0.2) is 36.7 Å². The van der Waals surface area contributed by atoms with Gasteiger partial charge in [0, 0.05) is 45.3 Å². The molecule has 1 aliphatic rings. The Labute approximate surface area is 135 Å². The first kappa shape index (κ1) is 15.2. The van der Waals surface area contributed by atoms with Crippen molar-refractivity contribution in [1.29, 1.82) is 0 Å². The summed E-state index contributed by atoms with van der Waals surface area (Å²) >= 11 is 4.22. The summed E-state index contributed by atoms with van der Waals surface area (Å²) in [5.74, 6) is 1.20. The van der Waals surface area contributed by atoms with Crippen LogP contribution in [0, 0.1) is 0 Å². The van der Waals surface area contributed by atoms with Crippen LogP contribution < -0.4 is 5.32 Å². The van der Waals surface area contributed by atoms with Gasteiger partial charge in [0.05, 0.1) is 0 Å². The molecule has 0 aliphatic carbocycles. The van der Waals surface area contributed by atoms with E-state index in [4.69, 9.17) is 0 Å². The summed E-state index contributed by atoms with van der Waals surface area (Å²) in [6.45, 7) is 4.69. The zero-order valence-corrected chi connectivity index (χ0v) is 14.4. The van der Waals surface area contributed by atoms with Crippen LogP contribution >= 0.6 is 23.5 Å². The van der Waals surface area contributed by atoms with Crippen molar-refractivity contribution in [2.24, 2.45) is 0 Å². The highest BCUT2D eigenvalue weighted by Crippen LogP contribution is 2.41. The number of benzene rings is 1. The number of fused-ring (bicyclic) bond motifs is 1. The van der Waals surface area contributed by atoms with Gasteiger partial charge in [-0.1, -0.05) is 38.1 Å². The molecule has 0 radical (unpaired) electrons. The minimum Gasteiger partial charge on any atom is -0.312 e. The molecule has 1 N–H and O–H groups in total. The maximum atomic E-state index is 4.45. The number of nitrogens with zero attached hydrogens (tertiary/aromatic N) is 1. The van der Waals surface area contributed by atoms with E-state index in [2.05, 4.69) is 79.0 Å². The standard InChI is InChI=1S/C17H22N2S2/c1-11-12(2)21-16(10-20-11)17(18-3)15-9-19-8-13-6-4-5-7-14(13)15/h4-9,11-12,16-18H,10H2,1-3H3. The summed E-state index contributed by atoms with van der Waals surface area (Å²) in [7, 11) is 2.07. The lowest BCUT2D eigenvalue weighted by molar-refractivity contribution is 0.590. The predicted molar refractivity (Wildman–Crippen MR) is 96.3 cm³/mol. The third-order valence-corrected chi connectivity index (χ3v) is 7.79. The number of pyridine rings is 1. The summed E-state index contributed by atoms with van der Waals surface area (Å²) in [5.41, 5.74) is 1.33. The molecule has 0 amide bonds. The van der Waals surface area contributed by atoms with Gasteiger partial charge >= 0.3 is 0 Å². The Morgan fingerprint density at radius 2 is 2.00 bits per heavy atom. The molecule has 4 atom stereocenters. The Balaban J connectivity index is 1.95. The van der Waals surface area contributed by atoms with Gasteiger partial charge in [0.15, 0.2) is 0 Å². The van der Waals surface area contributed by atoms with Crippen LogP contribution in [-0.4, -0.2) is 33.5 Å². The Kier molecular flexibility index (Phi) is 4.77. The van der Waals surface area contributed by atoms with Gasteiger partial charge in [-0.25, -0.2) is 0 Å². The molecule has 4 unspecified atom stereocenters. The van der Waals surface area contributed by atoms with Crippen molar-refractivity contribution in [3.63, 3.8) is 0 Å². The van der Waals surface area contributed by atoms with E-state index in [9.17, 15) is 0 Å². The fourth-order valence-corrected chi connectivity index (χ4v) is 6.06.